The number of hydrogen-bond donors (Lipinski definition) is 2. The second-order valence-corrected chi connectivity index (χ2v) is 8.03. The molecule has 3 aromatic rings. The van der Waals surface area contributed by atoms with E-state index in [0.29, 0.717) is 41.5 Å². The maximum atomic E-state index is 12.9. The van der Waals surface area contributed by atoms with E-state index in [1.54, 1.807) is 23.5 Å². The first-order valence-electron chi connectivity index (χ1n) is 11.0. The second-order valence-electron chi connectivity index (χ2n) is 8.03. The summed E-state index contributed by atoms with van der Waals surface area (Å²) in [5, 5.41) is 7.95. The number of aryl methyl sites for hydroxylation is 2. The molecule has 9 heteroatoms. The minimum atomic E-state index is -0.320. The number of carbonyl (C=O) groups excluding carboxylic acids is 1. The van der Waals surface area contributed by atoms with Crippen molar-refractivity contribution in [2.24, 2.45) is 0 Å². The molecule has 3 rings (SSSR count). The van der Waals surface area contributed by atoms with Crippen LogP contribution in [0.3, 0.4) is 0 Å². The van der Waals surface area contributed by atoms with Crippen LogP contribution in [0.2, 0.25) is 0 Å². The van der Waals surface area contributed by atoms with Crippen molar-refractivity contribution >= 4 is 11.4 Å². The Kier molecular flexibility index (Phi) is 7.29. The first kappa shape index (κ1) is 23.5. The van der Waals surface area contributed by atoms with Crippen LogP contribution in [0.4, 0.5) is 0 Å². The molecule has 9 nitrogen and oxygen atoms in total. The molecule has 2 aromatic heterocycles. The number of fused-ring (bicyclic) bond motifs is 1. The number of ether oxygens (including phenoxy) is 1. The molecule has 0 aliphatic rings. The van der Waals surface area contributed by atoms with Gasteiger partial charge in [-0.1, -0.05) is 13.0 Å². The van der Waals surface area contributed by atoms with Gasteiger partial charge in [0.15, 0.2) is 11.3 Å². The third-order valence-electron chi connectivity index (χ3n) is 5.24. The van der Waals surface area contributed by atoms with Gasteiger partial charge in [-0.15, -0.1) is 5.10 Å². The van der Waals surface area contributed by atoms with Crippen molar-refractivity contribution in [1.82, 2.24) is 29.8 Å². The summed E-state index contributed by atoms with van der Waals surface area (Å²) in [5.41, 5.74) is 2.52. The lowest BCUT2D eigenvalue weighted by Gasteiger charge is -2.18. The molecule has 2 heterocycles. The highest BCUT2D eigenvalue weighted by Crippen LogP contribution is 2.29. The molecule has 1 amide bonds. The van der Waals surface area contributed by atoms with Gasteiger partial charge in [0.1, 0.15) is 11.6 Å². The molecule has 1 aromatic carbocycles. The number of nitrogens with zero attached hydrogens (tertiary/aromatic N) is 4. The summed E-state index contributed by atoms with van der Waals surface area (Å²) in [6.45, 7) is 8.59. The number of aromatic nitrogens is 4. The van der Waals surface area contributed by atoms with Crippen LogP contribution in [-0.4, -0.2) is 57.1 Å². The smallest absolute Gasteiger partial charge is 0.277 e. The van der Waals surface area contributed by atoms with Crippen LogP contribution in [0.1, 0.15) is 44.3 Å². The van der Waals surface area contributed by atoms with Crippen molar-refractivity contribution < 1.29 is 9.53 Å². The standard InChI is InChI=1S/C23H32N6O3/c1-7-9-19-25-14(3)20-22(30)26-21(27-29(19)20)17-12-16(10-11-18(17)32-8-2)13-24-15(4)23(31)28(5)6/h10-12,15,24H,7-9,13H2,1-6H3,(H,26,27,30). The molecule has 0 bridgehead atoms. The van der Waals surface area contributed by atoms with Gasteiger partial charge in [0.2, 0.25) is 5.91 Å². The number of amides is 1. The lowest BCUT2D eigenvalue weighted by Crippen LogP contribution is -2.41. The first-order valence-corrected chi connectivity index (χ1v) is 11.0. The lowest BCUT2D eigenvalue weighted by atomic mass is 10.1. The molecule has 0 radical (unpaired) electrons. The molecule has 0 spiro atoms. The van der Waals surface area contributed by atoms with E-state index in [9.17, 15) is 9.59 Å². The van der Waals surface area contributed by atoms with E-state index in [1.807, 2.05) is 39.0 Å². The van der Waals surface area contributed by atoms with Crippen LogP contribution in [0.25, 0.3) is 16.9 Å². The molecule has 0 fully saturated rings. The van der Waals surface area contributed by atoms with Gasteiger partial charge in [-0.25, -0.2) is 9.50 Å². The SMILES string of the molecule is CCCc1nc(C)c2c(=O)[nH]c(-c3cc(CNC(C)C(=O)N(C)C)ccc3OCC)nn12. The van der Waals surface area contributed by atoms with Crippen LogP contribution in [0.15, 0.2) is 23.0 Å². The molecule has 32 heavy (non-hydrogen) atoms. The van der Waals surface area contributed by atoms with E-state index in [1.165, 1.54) is 0 Å². The highest BCUT2D eigenvalue weighted by Gasteiger charge is 2.18. The van der Waals surface area contributed by atoms with Crippen LogP contribution < -0.4 is 15.6 Å². The number of benzene rings is 1. The summed E-state index contributed by atoms with van der Waals surface area (Å²) in [7, 11) is 3.47. The number of imidazole rings is 1. The number of hydrogen-bond acceptors (Lipinski definition) is 6. The van der Waals surface area contributed by atoms with Gasteiger partial charge in [-0.2, -0.15) is 0 Å². The predicted molar refractivity (Wildman–Crippen MR) is 124 cm³/mol. The number of H-pyrrole nitrogens is 1. The van der Waals surface area contributed by atoms with E-state index in [4.69, 9.17) is 9.84 Å². The fourth-order valence-electron chi connectivity index (χ4n) is 3.64. The molecule has 1 atom stereocenters. The van der Waals surface area contributed by atoms with Gasteiger partial charge in [0, 0.05) is 27.1 Å². The zero-order chi connectivity index (χ0) is 23.4. The number of nitrogens with one attached hydrogen (secondary N) is 2. The van der Waals surface area contributed by atoms with Crippen molar-refractivity contribution in [2.45, 2.75) is 53.1 Å². The fraction of sp³-hybridized carbons (Fsp3) is 0.478. The number of aromatic amines is 1. The summed E-state index contributed by atoms with van der Waals surface area (Å²) in [6, 6.07) is 5.41. The summed E-state index contributed by atoms with van der Waals surface area (Å²) >= 11 is 0. The molecule has 1 unspecified atom stereocenters. The van der Waals surface area contributed by atoms with Crippen molar-refractivity contribution in [3.63, 3.8) is 0 Å². The molecule has 0 aliphatic heterocycles. The summed E-state index contributed by atoms with van der Waals surface area (Å²) in [5.74, 6) is 1.82. The molecular formula is C23H32N6O3. The highest BCUT2D eigenvalue weighted by molar-refractivity contribution is 5.80. The minimum absolute atomic E-state index is 0.00605. The van der Waals surface area contributed by atoms with Gasteiger partial charge in [0.25, 0.3) is 5.56 Å². The van der Waals surface area contributed by atoms with Gasteiger partial charge in [-0.05, 0) is 44.9 Å². The monoisotopic (exact) mass is 440 g/mol. The Morgan fingerprint density at radius 3 is 2.72 bits per heavy atom. The molecule has 0 saturated carbocycles. The summed E-state index contributed by atoms with van der Waals surface area (Å²) < 4.78 is 7.45. The zero-order valence-electron chi connectivity index (χ0n) is 19.7. The van der Waals surface area contributed by atoms with Crippen molar-refractivity contribution in [1.29, 1.82) is 0 Å². The van der Waals surface area contributed by atoms with Gasteiger partial charge < -0.3 is 19.9 Å². The number of carbonyl (C=O) groups is 1. The van der Waals surface area contributed by atoms with E-state index in [2.05, 4.69) is 22.2 Å². The van der Waals surface area contributed by atoms with E-state index in [-0.39, 0.29) is 17.5 Å². The molecular weight excluding hydrogens is 408 g/mol. The quantitative estimate of drug-likeness (QED) is 0.529. The third-order valence-corrected chi connectivity index (χ3v) is 5.24. The van der Waals surface area contributed by atoms with Gasteiger partial charge in [0.05, 0.1) is 23.9 Å². The highest BCUT2D eigenvalue weighted by atomic mass is 16.5. The topological polar surface area (TPSA) is 105 Å². The molecule has 172 valence electrons. The average molecular weight is 441 g/mol. The fourth-order valence-corrected chi connectivity index (χ4v) is 3.64. The van der Waals surface area contributed by atoms with Gasteiger partial charge >= 0.3 is 0 Å². The van der Waals surface area contributed by atoms with E-state index in [0.717, 1.165) is 24.2 Å². The Morgan fingerprint density at radius 2 is 2.06 bits per heavy atom. The summed E-state index contributed by atoms with van der Waals surface area (Å²) in [4.78, 5) is 34.0. The molecule has 2 N–H and O–H groups in total. The Balaban J connectivity index is 2.02. The Morgan fingerprint density at radius 1 is 1.31 bits per heavy atom. The Labute approximate surface area is 187 Å². The molecule has 0 saturated heterocycles. The zero-order valence-corrected chi connectivity index (χ0v) is 19.7. The van der Waals surface area contributed by atoms with Crippen LogP contribution >= 0.6 is 0 Å². The maximum absolute atomic E-state index is 12.9. The second kappa shape index (κ2) is 9.95. The van der Waals surface area contributed by atoms with Crippen LogP contribution in [0.5, 0.6) is 5.75 Å². The number of likely N-dealkylation sites (N-methyl/N-ethyl adjacent to an activating group) is 1. The van der Waals surface area contributed by atoms with Crippen LogP contribution in [0, 0.1) is 6.92 Å². The average Bonchev–Trinajstić information content (AvgIpc) is 3.08. The normalized spacial score (nSPS) is 12.2. The Bertz CT molecular complexity index is 1160. The largest absolute Gasteiger partial charge is 0.493 e. The van der Waals surface area contributed by atoms with Crippen LogP contribution in [-0.2, 0) is 17.8 Å². The predicted octanol–water partition coefficient (Wildman–Crippen LogP) is 2.31. The van der Waals surface area contributed by atoms with Crippen molar-refractivity contribution in [3.8, 4) is 17.1 Å². The lowest BCUT2D eigenvalue weighted by molar-refractivity contribution is -0.130. The Hall–Kier alpha value is -3.20. The van der Waals surface area contributed by atoms with Crippen molar-refractivity contribution in [2.75, 3.05) is 20.7 Å². The molecule has 0 aliphatic carbocycles. The first-order chi connectivity index (χ1) is 15.3. The minimum Gasteiger partial charge on any atom is -0.493 e. The maximum Gasteiger partial charge on any atom is 0.277 e. The van der Waals surface area contributed by atoms with E-state index >= 15 is 0 Å². The van der Waals surface area contributed by atoms with Gasteiger partial charge in [-0.3, -0.25) is 9.59 Å². The third kappa shape index (κ3) is 4.83. The van der Waals surface area contributed by atoms with Crippen molar-refractivity contribution in [3.05, 3.63) is 45.6 Å². The summed E-state index contributed by atoms with van der Waals surface area (Å²) in [6.07, 6.45) is 1.63. The van der Waals surface area contributed by atoms with E-state index < -0.39 is 0 Å². The number of rotatable bonds is 9.